The first-order valence-corrected chi connectivity index (χ1v) is 9.34. The van der Waals surface area contributed by atoms with Gasteiger partial charge in [-0.1, -0.05) is 12.1 Å². The van der Waals surface area contributed by atoms with Crippen LogP contribution in [0.25, 0.3) is 0 Å². The molecule has 27 heavy (non-hydrogen) atoms. The maximum Gasteiger partial charge on any atom is 0.338 e. The number of rotatable bonds is 7. The predicted molar refractivity (Wildman–Crippen MR) is 99.1 cm³/mol. The molecule has 2 N–H and O–H groups in total. The molecule has 8 nitrogen and oxygen atoms in total. The summed E-state index contributed by atoms with van der Waals surface area (Å²) in [4.78, 5) is 22.9. The first kappa shape index (κ1) is 20.2. The van der Waals surface area contributed by atoms with Gasteiger partial charge in [-0.2, -0.15) is 0 Å². The molecule has 2 aromatic rings. The van der Waals surface area contributed by atoms with E-state index in [2.05, 4.69) is 0 Å². The summed E-state index contributed by atoms with van der Waals surface area (Å²) in [5.41, 5.74) is 5.52. The molecule has 0 spiro atoms. The Morgan fingerprint density at radius 3 is 2.22 bits per heavy atom. The summed E-state index contributed by atoms with van der Waals surface area (Å²) >= 11 is 0. The second kappa shape index (κ2) is 8.09. The van der Waals surface area contributed by atoms with Crippen LogP contribution >= 0.6 is 0 Å². The van der Waals surface area contributed by atoms with Gasteiger partial charge < -0.3 is 15.2 Å². The Balaban J connectivity index is 2.27. The highest BCUT2D eigenvalue weighted by Gasteiger charge is 2.24. The molecule has 1 atom stereocenters. The zero-order chi connectivity index (χ0) is 20.2. The topological polar surface area (TPSA) is 116 Å². The number of ether oxygens (including phenoxy) is 2. The lowest BCUT2D eigenvalue weighted by atomic mass is 10.2. The number of amides is 1. The molecule has 0 radical (unpaired) electrons. The fraction of sp³-hybridized carbons (Fsp3) is 0.222. The highest BCUT2D eigenvalue weighted by atomic mass is 32.2. The monoisotopic (exact) mass is 392 g/mol. The minimum absolute atomic E-state index is 0.0181. The van der Waals surface area contributed by atoms with Gasteiger partial charge in [-0.05, 0) is 43.3 Å². The van der Waals surface area contributed by atoms with E-state index in [1.165, 1.54) is 45.3 Å². The maximum absolute atomic E-state index is 12.8. The molecule has 1 amide bonds. The van der Waals surface area contributed by atoms with Gasteiger partial charge in [-0.3, -0.25) is 9.10 Å². The van der Waals surface area contributed by atoms with E-state index >= 15 is 0 Å². The fourth-order valence-electron chi connectivity index (χ4n) is 2.23. The number of hydrogen-bond donors (Lipinski definition) is 1. The van der Waals surface area contributed by atoms with Crippen molar-refractivity contribution in [1.29, 1.82) is 0 Å². The molecule has 0 bridgehead atoms. The van der Waals surface area contributed by atoms with Crippen molar-refractivity contribution in [3.05, 3.63) is 54.1 Å². The number of nitrogens with two attached hydrogens (primary N) is 1. The highest BCUT2D eigenvalue weighted by Crippen LogP contribution is 2.30. The number of hydrogen-bond acceptors (Lipinski definition) is 6. The van der Waals surface area contributed by atoms with Gasteiger partial charge in [0.2, 0.25) is 0 Å². The highest BCUT2D eigenvalue weighted by molar-refractivity contribution is 7.92. The number of nitrogens with zero attached hydrogens (tertiary/aromatic N) is 1. The summed E-state index contributed by atoms with van der Waals surface area (Å²) < 4.78 is 36.9. The molecule has 0 heterocycles. The fourth-order valence-corrected chi connectivity index (χ4v) is 3.43. The summed E-state index contributed by atoms with van der Waals surface area (Å²) in [6.07, 6.45) is -1.09. The van der Waals surface area contributed by atoms with Crippen molar-refractivity contribution >= 4 is 27.6 Å². The average molecular weight is 392 g/mol. The lowest BCUT2D eigenvalue weighted by molar-refractivity contribution is -0.125. The van der Waals surface area contributed by atoms with E-state index in [9.17, 15) is 18.0 Å². The number of sulfonamides is 1. The Hall–Kier alpha value is -3.07. The Morgan fingerprint density at radius 1 is 1.07 bits per heavy atom. The summed E-state index contributed by atoms with van der Waals surface area (Å²) in [5, 5.41) is 0. The molecule has 0 saturated carbocycles. The molecule has 0 aromatic heterocycles. The summed E-state index contributed by atoms with van der Waals surface area (Å²) in [6, 6.07) is 11.9. The average Bonchev–Trinajstić information content (AvgIpc) is 2.67. The van der Waals surface area contributed by atoms with Crippen molar-refractivity contribution in [3.8, 4) is 5.75 Å². The van der Waals surface area contributed by atoms with E-state index in [0.29, 0.717) is 11.4 Å². The Kier molecular flexibility index (Phi) is 6.06. The largest absolute Gasteiger partial charge is 0.495 e. The van der Waals surface area contributed by atoms with Crippen LogP contribution in [0.1, 0.15) is 17.3 Å². The maximum atomic E-state index is 12.8. The number of para-hydroxylation sites is 2. The molecule has 0 aliphatic carbocycles. The third-order valence-corrected chi connectivity index (χ3v) is 5.64. The Bertz CT molecular complexity index is 941. The van der Waals surface area contributed by atoms with Crippen molar-refractivity contribution in [1.82, 2.24) is 0 Å². The second-order valence-electron chi connectivity index (χ2n) is 5.62. The first-order valence-electron chi connectivity index (χ1n) is 7.90. The normalized spacial score (nSPS) is 12.1. The van der Waals surface area contributed by atoms with E-state index in [4.69, 9.17) is 15.2 Å². The van der Waals surface area contributed by atoms with Gasteiger partial charge in [-0.25, -0.2) is 13.2 Å². The van der Waals surface area contributed by atoms with Crippen LogP contribution in [0.4, 0.5) is 5.69 Å². The van der Waals surface area contributed by atoms with Crippen LogP contribution in [0.3, 0.4) is 0 Å². The van der Waals surface area contributed by atoms with Gasteiger partial charge >= 0.3 is 5.97 Å². The predicted octanol–water partition coefficient (Wildman–Crippen LogP) is 1.55. The van der Waals surface area contributed by atoms with Crippen molar-refractivity contribution < 1.29 is 27.5 Å². The van der Waals surface area contributed by atoms with E-state index in [0.717, 1.165) is 4.31 Å². The van der Waals surface area contributed by atoms with Crippen LogP contribution in [0.2, 0.25) is 0 Å². The SMILES string of the molecule is COc1ccccc1N(C)S(=O)(=O)c1ccc(C(=O)O[C@H](C)C(N)=O)cc1. The van der Waals surface area contributed by atoms with Crippen LogP contribution in [0.15, 0.2) is 53.4 Å². The van der Waals surface area contributed by atoms with E-state index < -0.39 is 28.0 Å². The van der Waals surface area contributed by atoms with Gasteiger partial charge in [0.25, 0.3) is 15.9 Å². The third kappa shape index (κ3) is 4.37. The van der Waals surface area contributed by atoms with Gasteiger partial charge in [0.15, 0.2) is 6.10 Å². The quantitative estimate of drug-likeness (QED) is 0.715. The smallest absolute Gasteiger partial charge is 0.338 e. The molecule has 2 aromatic carbocycles. The number of carbonyl (C=O) groups is 2. The zero-order valence-corrected chi connectivity index (χ0v) is 15.9. The van der Waals surface area contributed by atoms with Crippen LogP contribution in [0.5, 0.6) is 5.75 Å². The van der Waals surface area contributed by atoms with E-state index in [1.807, 2.05) is 0 Å². The lowest BCUT2D eigenvalue weighted by Crippen LogP contribution is -2.30. The Morgan fingerprint density at radius 2 is 1.67 bits per heavy atom. The van der Waals surface area contributed by atoms with Gasteiger partial charge in [0, 0.05) is 7.05 Å². The summed E-state index contributed by atoms with van der Waals surface area (Å²) in [7, 11) is -1.02. The minimum Gasteiger partial charge on any atom is -0.495 e. The van der Waals surface area contributed by atoms with Gasteiger partial charge in [-0.15, -0.1) is 0 Å². The standard InChI is InChI=1S/C18H20N2O6S/c1-12(17(19)21)26-18(22)13-8-10-14(11-9-13)27(23,24)20(2)15-6-4-5-7-16(15)25-3/h4-12H,1-3H3,(H2,19,21)/t12-/m1/s1. The number of carbonyl (C=O) groups excluding carboxylic acids is 2. The molecular weight excluding hydrogens is 372 g/mol. The molecule has 0 unspecified atom stereocenters. The van der Waals surface area contributed by atoms with Crippen molar-refractivity contribution in [2.24, 2.45) is 5.73 Å². The third-order valence-electron chi connectivity index (χ3n) is 3.86. The van der Waals surface area contributed by atoms with Crippen LogP contribution in [0, 0.1) is 0 Å². The molecule has 9 heteroatoms. The number of methoxy groups -OCH3 is 1. The number of primary amides is 1. The first-order chi connectivity index (χ1) is 12.7. The van der Waals surface area contributed by atoms with Gasteiger partial charge in [0.1, 0.15) is 5.75 Å². The van der Waals surface area contributed by atoms with E-state index in [-0.39, 0.29) is 10.5 Å². The van der Waals surface area contributed by atoms with Crippen LogP contribution in [-0.4, -0.2) is 40.6 Å². The van der Waals surface area contributed by atoms with E-state index in [1.54, 1.807) is 24.3 Å². The molecule has 0 aliphatic rings. The second-order valence-corrected chi connectivity index (χ2v) is 7.59. The zero-order valence-electron chi connectivity index (χ0n) is 15.1. The minimum atomic E-state index is -3.88. The summed E-state index contributed by atoms with van der Waals surface area (Å²) in [5.74, 6) is -1.14. The molecule has 2 rings (SSSR count). The molecule has 0 fully saturated rings. The number of anilines is 1. The lowest BCUT2D eigenvalue weighted by Gasteiger charge is -2.21. The van der Waals surface area contributed by atoms with Crippen molar-refractivity contribution in [3.63, 3.8) is 0 Å². The number of benzene rings is 2. The number of esters is 1. The van der Waals surface area contributed by atoms with Crippen molar-refractivity contribution in [2.75, 3.05) is 18.5 Å². The molecule has 0 aliphatic heterocycles. The molecule has 144 valence electrons. The Labute approximate surface area is 157 Å². The van der Waals surface area contributed by atoms with Gasteiger partial charge in [0.05, 0.1) is 23.3 Å². The molecule has 0 saturated heterocycles. The van der Waals surface area contributed by atoms with Crippen molar-refractivity contribution in [2.45, 2.75) is 17.9 Å². The van der Waals surface area contributed by atoms with Crippen LogP contribution < -0.4 is 14.8 Å². The van der Waals surface area contributed by atoms with Crippen LogP contribution in [-0.2, 0) is 19.6 Å². The molecular formula is C18H20N2O6S. The summed E-state index contributed by atoms with van der Waals surface area (Å²) in [6.45, 7) is 1.35.